The Bertz CT molecular complexity index is 269. The summed E-state index contributed by atoms with van der Waals surface area (Å²) in [5.74, 6) is 0.167. The molecule has 1 fully saturated rings. The molecular formula is C10H14O3. The topological polar surface area (TPSA) is 46.5 Å². The van der Waals surface area contributed by atoms with Crippen LogP contribution in [0.25, 0.3) is 0 Å². The van der Waals surface area contributed by atoms with Crippen LogP contribution in [0.15, 0.2) is 12.2 Å². The molecule has 0 aliphatic carbocycles. The Morgan fingerprint density at radius 1 is 1.69 bits per heavy atom. The van der Waals surface area contributed by atoms with Crippen LogP contribution >= 0.6 is 0 Å². The largest absolute Gasteiger partial charge is 0.382 e. The molecule has 2 aliphatic rings. The highest BCUT2D eigenvalue weighted by Crippen LogP contribution is 2.39. The SMILES string of the molecule is CC(C)[C@]12C=C[C@H](O1)[C@@H](O)C(=O)C2. The average molecular weight is 182 g/mol. The first-order valence-electron chi connectivity index (χ1n) is 4.63. The quantitative estimate of drug-likeness (QED) is 0.606. The molecule has 2 aliphatic heterocycles. The smallest absolute Gasteiger partial charge is 0.167 e. The van der Waals surface area contributed by atoms with Crippen LogP contribution in [0.4, 0.5) is 0 Å². The molecule has 0 radical (unpaired) electrons. The molecule has 0 saturated carbocycles. The molecule has 2 heterocycles. The number of hydrogen-bond acceptors (Lipinski definition) is 3. The summed E-state index contributed by atoms with van der Waals surface area (Å²) < 4.78 is 5.65. The van der Waals surface area contributed by atoms with Gasteiger partial charge >= 0.3 is 0 Å². The lowest BCUT2D eigenvalue weighted by molar-refractivity contribution is -0.164. The van der Waals surface area contributed by atoms with Gasteiger partial charge in [-0.15, -0.1) is 0 Å². The van der Waals surface area contributed by atoms with E-state index < -0.39 is 17.8 Å². The van der Waals surface area contributed by atoms with E-state index in [0.29, 0.717) is 6.42 Å². The van der Waals surface area contributed by atoms with Gasteiger partial charge in [-0.3, -0.25) is 4.79 Å². The van der Waals surface area contributed by atoms with Gasteiger partial charge in [-0.2, -0.15) is 0 Å². The monoisotopic (exact) mass is 182 g/mol. The summed E-state index contributed by atoms with van der Waals surface area (Å²) in [5, 5.41) is 9.43. The van der Waals surface area contributed by atoms with Crippen molar-refractivity contribution in [3.05, 3.63) is 12.2 Å². The minimum absolute atomic E-state index is 0.102. The number of fused-ring (bicyclic) bond motifs is 2. The second kappa shape index (κ2) is 2.66. The molecule has 2 bridgehead atoms. The maximum atomic E-state index is 11.4. The Balaban J connectivity index is 2.29. The number of ether oxygens (including phenoxy) is 1. The van der Waals surface area contributed by atoms with E-state index in [-0.39, 0.29) is 11.7 Å². The van der Waals surface area contributed by atoms with Crippen LogP contribution in [0.3, 0.4) is 0 Å². The molecule has 72 valence electrons. The standard InChI is InChI=1S/C10H14O3/c1-6(2)10-4-3-8(13-10)9(12)7(11)5-10/h3-4,6,8-9,12H,5H2,1-2H3/t8-,9-,10+/m0/s1. The molecule has 1 N–H and O–H groups in total. The summed E-state index contributed by atoms with van der Waals surface area (Å²) in [6.07, 6.45) is 2.67. The Morgan fingerprint density at radius 3 is 3.00 bits per heavy atom. The maximum Gasteiger partial charge on any atom is 0.167 e. The fourth-order valence-corrected chi connectivity index (χ4v) is 1.95. The van der Waals surface area contributed by atoms with Gasteiger partial charge in [0, 0.05) is 6.42 Å². The van der Waals surface area contributed by atoms with Crippen molar-refractivity contribution >= 4 is 5.78 Å². The van der Waals surface area contributed by atoms with Gasteiger partial charge in [0.25, 0.3) is 0 Å². The molecule has 3 atom stereocenters. The lowest BCUT2D eigenvalue weighted by Gasteiger charge is -2.37. The highest BCUT2D eigenvalue weighted by Gasteiger charge is 2.49. The number of aliphatic hydroxyl groups is 1. The molecule has 13 heavy (non-hydrogen) atoms. The van der Waals surface area contributed by atoms with Crippen molar-refractivity contribution in [2.75, 3.05) is 0 Å². The van der Waals surface area contributed by atoms with E-state index in [1.165, 1.54) is 0 Å². The number of Topliss-reactive ketones (excluding diaryl/α,β-unsaturated/α-hetero) is 1. The van der Waals surface area contributed by atoms with Crippen LogP contribution in [0.2, 0.25) is 0 Å². The summed E-state index contributed by atoms with van der Waals surface area (Å²) >= 11 is 0. The first kappa shape index (κ1) is 8.91. The highest BCUT2D eigenvalue weighted by molar-refractivity contribution is 5.86. The van der Waals surface area contributed by atoms with Gasteiger partial charge in [0.2, 0.25) is 0 Å². The van der Waals surface area contributed by atoms with Crippen molar-refractivity contribution in [2.24, 2.45) is 5.92 Å². The van der Waals surface area contributed by atoms with Gasteiger partial charge in [0.15, 0.2) is 5.78 Å². The summed E-state index contributed by atoms with van der Waals surface area (Å²) in [7, 11) is 0. The van der Waals surface area contributed by atoms with Gasteiger partial charge in [-0.25, -0.2) is 0 Å². The van der Waals surface area contributed by atoms with Crippen molar-refractivity contribution in [3.63, 3.8) is 0 Å². The van der Waals surface area contributed by atoms with Crippen LogP contribution in [0, 0.1) is 5.92 Å². The normalized spacial score (nSPS) is 43.2. The number of ketones is 1. The molecule has 0 unspecified atom stereocenters. The van der Waals surface area contributed by atoms with Gasteiger partial charge in [0.1, 0.15) is 12.2 Å². The molecule has 1 saturated heterocycles. The van der Waals surface area contributed by atoms with Crippen molar-refractivity contribution in [3.8, 4) is 0 Å². The lowest BCUT2D eigenvalue weighted by atomic mass is 9.84. The van der Waals surface area contributed by atoms with E-state index in [4.69, 9.17) is 4.74 Å². The number of rotatable bonds is 1. The van der Waals surface area contributed by atoms with Gasteiger partial charge in [0.05, 0.1) is 5.60 Å². The Morgan fingerprint density at radius 2 is 2.38 bits per heavy atom. The Hall–Kier alpha value is -0.670. The Labute approximate surface area is 77.4 Å². The molecular weight excluding hydrogens is 168 g/mol. The Kier molecular flexibility index (Phi) is 1.82. The molecule has 0 amide bonds. The first-order valence-corrected chi connectivity index (χ1v) is 4.63. The molecule has 0 aromatic rings. The van der Waals surface area contributed by atoms with Crippen molar-refractivity contribution in [2.45, 2.75) is 38.1 Å². The summed E-state index contributed by atoms with van der Waals surface area (Å²) in [6.45, 7) is 4.05. The van der Waals surface area contributed by atoms with Crippen LogP contribution in [-0.2, 0) is 9.53 Å². The van der Waals surface area contributed by atoms with E-state index in [2.05, 4.69) is 0 Å². The fourth-order valence-electron chi connectivity index (χ4n) is 1.95. The first-order chi connectivity index (χ1) is 6.05. The molecule has 0 spiro atoms. The third kappa shape index (κ3) is 1.15. The summed E-state index contributed by atoms with van der Waals surface area (Å²) in [5.41, 5.74) is -0.443. The highest BCUT2D eigenvalue weighted by atomic mass is 16.5. The maximum absolute atomic E-state index is 11.4. The van der Waals surface area contributed by atoms with Gasteiger partial charge in [-0.05, 0) is 5.92 Å². The predicted molar refractivity (Wildman–Crippen MR) is 47.2 cm³/mol. The number of aliphatic hydroxyl groups excluding tert-OH is 1. The number of hydrogen-bond donors (Lipinski definition) is 1. The van der Waals surface area contributed by atoms with Crippen LogP contribution in [-0.4, -0.2) is 28.7 Å². The second-order valence-electron chi connectivity index (χ2n) is 4.14. The van der Waals surface area contributed by atoms with Crippen molar-refractivity contribution < 1.29 is 14.6 Å². The molecule has 3 heteroatoms. The third-order valence-electron chi connectivity index (χ3n) is 2.99. The zero-order valence-electron chi connectivity index (χ0n) is 7.86. The summed E-state index contributed by atoms with van der Waals surface area (Å²) in [4.78, 5) is 11.4. The summed E-state index contributed by atoms with van der Waals surface area (Å²) in [6, 6.07) is 0. The van der Waals surface area contributed by atoms with E-state index in [1.807, 2.05) is 19.9 Å². The predicted octanol–water partition coefficient (Wildman–Crippen LogP) is 0.670. The van der Waals surface area contributed by atoms with E-state index in [1.54, 1.807) is 6.08 Å². The third-order valence-corrected chi connectivity index (χ3v) is 2.99. The molecule has 0 aromatic heterocycles. The minimum atomic E-state index is -0.953. The molecule has 2 rings (SSSR count). The average Bonchev–Trinajstić information content (AvgIpc) is 2.43. The van der Waals surface area contributed by atoms with E-state index >= 15 is 0 Å². The fraction of sp³-hybridized carbons (Fsp3) is 0.700. The van der Waals surface area contributed by atoms with Crippen molar-refractivity contribution in [1.29, 1.82) is 0 Å². The number of carbonyl (C=O) groups excluding carboxylic acids is 1. The van der Waals surface area contributed by atoms with E-state index in [0.717, 1.165) is 0 Å². The number of carbonyl (C=O) groups is 1. The minimum Gasteiger partial charge on any atom is -0.382 e. The van der Waals surface area contributed by atoms with Crippen LogP contribution < -0.4 is 0 Å². The van der Waals surface area contributed by atoms with Gasteiger partial charge < -0.3 is 9.84 Å². The lowest BCUT2D eigenvalue weighted by Crippen LogP contribution is -2.49. The zero-order chi connectivity index (χ0) is 9.64. The van der Waals surface area contributed by atoms with Gasteiger partial charge in [-0.1, -0.05) is 26.0 Å². The van der Waals surface area contributed by atoms with Crippen LogP contribution in [0.1, 0.15) is 20.3 Å². The molecule has 3 nitrogen and oxygen atoms in total. The van der Waals surface area contributed by atoms with Crippen molar-refractivity contribution in [1.82, 2.24) is 0 Å². The van der Waals surface area contributed by atoms with Crippen LogP contribution in [0.5, 0.6) is 0 Å². The zero-order valence-corrected chi connectivity index (χ0v) is 7.86. The van der Waals surface area contributed by atoms with E-state index in [9.17, 15) is 9.90 Å². The molecule has 0 aromatic carbocycles. The second-order valence-corrected chi connectivity index (χ2v) is 4.14.